The predicted octanol–water partition coefficient (Wildman–Crippen LogP) is 1.72. The summed E-state index contributed by atoms with van der Waals surface area (Å²) in [7, 11) is 1.71. The molecule has 138 valence electrons. The molecule has 0 saturated carbocycles. The average Bonchev–Trinajstić information content (AvgIpc) is 2.61. The van der Waals surface area contributed by atoms with Crippen molar-refractivity contribution in [3.8, 4) is 0 Å². The smallest absolute Gasteiger partial charge is 0.313 e. The second-order valence-corrected chi connectivity index (χ2v) is 6.76. The minimum absolute atomic E-state index is 0.427. The molecule has 0 atom stereocenters. The van der Waals surface area contributed by atoms with E-state index in [1.165, 1.54) is 0 Å². The molecule has 6 nitrogen and oxygen atoms in total. The lowest BCUT2D eigenvalue weighted by atomic mass is 9.97. The molecule has 2 rings (SSSR count). The number of anilines is 1. The van der Waals surface area contributed by atoms with Crippen molar-refractivity contribution in [1.29, 1.82) is 0 Å². The summed E-state index contributed by atoms with van der Waals surface area (Å²) in [6, 6.07) is 5.78. The fraction of sp³-hybridized carbons (Fsp3) is 0.579. The van der Waals surface area contributed by atoms with Crippen molar-refractivity contribution in [2.24, 2.45) is 5.92 Å². The molecule has 1 aromatic carbocycles. The molecule has 0 bridgehead atoms. The van der Waals surface area contributed by atoms with Crippen LogP contribution < -0.4 is 10.6 Å². The number of carbonyl (C=O) groups is 2. The van der Waals surface area contributed by atoms with Gasteiger partial charge in [-0.1, -0.05) is 12.1 Å². The van der Waals surface area contributed by atoms with Gasteiger partial charge in [0, 0.05) is 25.9 Å². The van der Waals surface area contributed by atoms with Crippen LogP contribution in [0.5, 0.6) is 0 Å². The summed E-state index contributed by atoms with van der Waals surface area (Å²) in [6.45, 7) is 8.14. The normalized spacial score (nSPS) is 15.8. The molecular weight excluding hydrogens is 318 g/mol. The summed E-state index contributed by atoms with van der Waals surface area (Å²) in [5.74, 6) is -0.745. The van der Waals surface area contributed by atoms with Crippen LogP contribution in [0, 0.1) is 19.8 Å². The molecule has 0 aromatic heterocycles. The second kappa shape index (κ2) is 9.53. The van der Waals surface area contributed by atoms with E-state index < -0.39 is 11.8 Å². The van der Waals surface area contributed by atoms with Crippen molar-refractivity contribution in [1.82, 2.24) is 10.2 Å². The molecule has 1 aliphatic heterocycles. The minimum atomic E-state index is -0.605. The lowest BCUT2D eigenvalue weighted by molar-refractivity contribution is -0.136. The predicted molar refractivity (Wildman–Crippen MR) is 98.6 cm³/mol. The number of nitrogens with one attached hydrogen (secondary N) is 2. The number of benzene rings is 1. The number of hydrogen-bond donors (Lipinski definition) is 2. The highest BCUT2D eigenvalue weighted by Gasteiger charge is 2.21. The number of amides is 2. The zero-order chi connectivity index (χ0) is 18.2. The van der Waals surface area contributed by atoms with E-state index in [-0.39, 0.29) is 0 Å². The van der Waals surface area contributed by atoms with Gasteiger partial charge in [0.2, 0.25) is 0 Å². The van der Waals surface area contributed by atoms with Gasteiger partial charge >= 0.3 is 11.8 Å². The highest BCUT2D eigenvalue weighted by Crippen LogP contribution is 2.17. The van der Waals surface area contributed by atoms with E-state index in [4.69, 9.17) is 4.74 Å². The summed E-state index contributed by atoms with van der Waals surface area (Å²) in [5.41, 5.74) is 2.67. The molecule has 0 radical (unpaired) electrons. The summed E-state index contributed by atoms with van der Waals surface area (Å²) in [5, 5.41) is 5.47. The molecule has 0 aliphatic carbocycles. The highest BCUT2D eigenvalue weighted by atomic mass is 16.5. The maximum absolute atomic E-state index is 12.1. The van der Waals surface area contributed by atoms with E-state index in [2.05, 4.69) is 15.5 Å². The summed E-state index contributed by atoms with van der Waals surface area (Å²) < 4.78 is 5.10. The van der Waals surface area contributed by atoms with Gasteiger partial charge < -0.3 is 20.3 Å². The van der Waals surface area contributed by atoms with Crippen LogP contribution in [0.25, 0.3) is 0 Å². The van der Waals surface area contributed by atoms with Crippen LogP contribution in [-0.2, 0) is 14.3 Å². The number of methoxy groups -OCH3 is 1. The third-order valence-electron chi connectivity index (χ3n) is 4.72. The van der Waals surface area contributed by atoms with Gasteiger partial charge in [-0.15, -0.1) is 0 Å². The number of rotatable bonds is 6. The summed E-state index contributed by atoms with van der Waals surface area (Å²) in [4.78, 5) is 26.5. The molecule has 0 unspecified atom stereocenters. The van der Waals surface area contributed by atoms with Crippen molar-refractivity contribution in [2.75, 3.05) is 45.2 Å². The van der Waals surface area contributed by atoms with Crippen LogP contribution in [0.4, 0.5) is 5.69 Å². The van der Waals surface area contributed by atoms with Gasteiger partial charge in [0.15, 0.2) is 0 Å². The standard InChI is InChI=1S/C19H29N3O3/c1-14-4-5-15(2)17(12-14)21-19(24)18(23)20-13-16-6-8-22(9-7-16)10-11-25-3/h4-5,12,16H,6-11,13H2,1-3H3,(H,20,23)(H,21,24). The van der Waals surface area contributed by atoms with Crippen LogP contribution >= 0.6 is 0 Å². The van der Waals surface area contributed by atoms with Crippen LogP contribution in [0.2, 0.25) is 0 Å². The maximum Gasteiger partial charge on any atom is 0.313 e. The molecule has 1 heterocycles. The monoisotopic (exact) mass is 347 g/mol. The van der Waals surface area contributed by atoms with Gasteiger partial charge in [-0.25, -0.2) is 0 Å². The molecule has 25 heavy (non-hydrogen) atoms. The number of ether oxygens (including phenoxy) is 1. The molecule has 1 aliphatic rings. The van der Waals surface area contributed by atoms with Gasteiger partial charge in [0.25, 0.3) is 0 Å². The van der Waals surface area contributed by atoms with Gasteiger partial charge in [-0.2, -0.15) is 0 Å². The zero-order valence-corrected chi connectivity index (χ0v) is 15.4. The zero-order valence-electron chi connectivity index (χ0n) is 15.4. The van der Waals surface area contributed by atoms with Gasteiger partial charge in [0.1, 0.15) is 0 Å². The summed E-state index contributed by atoms with van der Waals surface area (Å²) in [6.07, 6.45) is 2.06. The van der Waals surface area contributed by atoms with Crippen molar-refractivity contribution < 1.29 is 14.3 Å². The second-order valence-electron chi connectivity index (χ2n) is 6.76. The Balaban J connectivity index is 1.73. The van der Waals surface area contributed by atoms with Crippen LogP contribution in [0.3, 0.4) is 0 Å². The van der Waals surface area contributed by atoms with Crippen LogP contribution in [0.15, 0.2) is 18.2 Å². The molecular formula is C19H29N3O3. The maximum atomic E-state index is 12.1. The van der Waals surface area contributed by atoms with E-state index in [1.807, 2.05) is 32.0 Å². The Morgan fingerprint density at radius 2 is 1.92 bits per heavy atom. The number of aryl methyl sites for hydroxylation is 2. The quantitative estimate of drug-likeness (QED) is 0.769. The Bertz CT molecular complexity index is 596. The average molecular weight is 347 g/mol. The van der Waals surface area contributed by atoms with Crippen molar-refractivity contribution in [3.63, 3.8) is 0 Å². The Morgan fingerprint density at radius 1 is 1.20 bits per heavy atom. The highest BCUT2D eigenvalue weighted by molar-refractivity contribution is 6.39. The van der Waals surface area contributed by atoms with Crippen molar-refractivity contribution >= 4 is 17.5 Å². The number of likely N-dealkylation sites (tertiary alicyclic amines) is 1. The minimum Gasteiger partial charge on any atom is -0.383 e. The number of nitrogens with zero attached hydrogens (tertiary/aromatic N) is 1. The van der Waals surface area contributed by atoms with E-state index in [0.717, 1.165) is 50.2 Å². The third-order valence-corrected chi connectivity index (χ3v) is 4.72. The SMILES string of the molecule is COCCN1CCC(CNC(=O)C(=O)Nc2cc(C)ccc2C)CC1. The van der Waals surface area contributed by atoms with Crippen molar-refractivity contribution in [2.45, 2.75) is 26.7 Å². The Hall–Kier alpha value is -1.92. The fourth-order valence-corrected chi connectivity index (χ4v) is 3.00. The van der Waals surface area contributed by atoms with Gasteiger partial charge in [0.05, 0.1) is 6.61 Å². The first-order valence-electron chi connectivity index (χ1n) is 8.87. The fourth-order valence-electron chi connectivity index (χ4n) is 3.00. The van der Waals surface area contributed by atoms with E-state index in [9.17, 15) is 9.59 Å². The lowest BCUT2D eigenvalue weighted by Gasteiger charge is -2.31. The van der Waals surface area contributed by atoms with Gasteiger partial charge in [-0.05, 0) is 62.9 Å². The Kier molecular flexibility index (Phi) is 7.40. The first-order chi connectivity index (χ1) is 12.0. The molecule has 0 spiro atoms. The number of piperidine rings is 1. The number of hydrogen-bond acceptors (Lipinski definition) is 4. The molecule has 2 amide bonds. The third kappa shape index (κ3) is 6.14. The largest absolute Gasteiger partial charge is 0.383 e. The molecule has 6 heteroatoms. The van der Waals surface area contributed by atoms with E-state index >= 15 is 0 Å². The molecule has 1 fully saturated rings. The molecule has 1 saturated heterocycles. The van der Waals surface area contributed by atoms with E-state index in [0.29, 0.717) is 18.2 Å². The molecule has 1 aromatic rings. The van der Waals surface area contributed by atoms with E-state index in [1.54, 1.807) is 7.11 Å². The number of carbonyl (C=O) groups excluding carboxylic acids is 2. The Labute approximate surface area is 149 Å². The lowest BCUT2D eigenvalue weighted by Crippen LogP contribution is -2.42. The van der Waals surface area contributed by atoms with Crippen LogP contribution in [-0.4, -0.2) is 56.6 Å². The first kappa shape index (κ1) is 19.4. The van der Waals surface area contributed by atoms with Crippen LogP contribution in [0.1, 0.15) is 24.0 Å². The summed E-state index contributed by atoms with van der Waals surface area (Å²) >= 11 is 0. The first-order valence-corrected chi connectivity index (χ1v) is 8.87. The molecule has 2 N–H and O–H groups in total. The Morgan fingerprint density at radius 3 is 2.60 bits per heavy atom. The topological polar surface area (TPSA) is 70.7 Å². The van der Waals surface area contributed by atoms with Crippen molar-refractivity contribution in [3.05, 3.63) is 29.3 Å². The van der Waals surface area contributed by atoms with Gasteiger partial charge in [-0.3, -0.25) is 9.59 Å².